The van der Waals surface area contributed by atoms with Crippen LogP contribution in [0, 0.1) is 6.92 Å². The molecule has 0 saturated heterocycles. The Labute approximate surface area is 94.3 Å². The van der Waals surface area contributed by atoms with Gasteiger partial charge in [-0.05, 0) is 19.1 Å². The zero-order valence-electron chi connectivity index (χ0n) is 9.34. The van der Waals surface area contributed by atoms with Gasteiger partial charge in [0.25, 0.3) is 0 Å². The number of hydrogen-bond acceptors (Lipinski definition) is 4. The Morgan fingerprint density at radius 3 is 2.50 bits per heavy atom. The van der Waals surface area contributed by atoms with Crippen molar-refractivity contribution in [2.45, 2.75) is 20.3 Å². The minimum absolute atomic E-state index is 0.0249. The first-order chi connectivity index (χ1) is 7.67. The maximum atomic E-state index is 11.2. The predicted molar refractivity (Wildman–Crippen MR) is 61.7 cm³/mol. The quantitative estimate of drug-likeness (QED) is 0.478. The standard InChI is InChI=1S/C12H14N2O2/c1-3-12(16)11(8-15)14-13-10-6-4-9(2)5-7-10/h4-8,15H,3H2,1-2H3/b11-8-,14-13?. The van der Waals surface area contributed by atoms with Crippen LogP contribution in [-0.4, -0.2) is 10.9 Å². The van der Waals surface area contributed by atoms with E-state index in [4.69, 9.17) is 5.11 Å². The highest BCUT2D eigenvalue weighted by Gasteiger charge is 2.05. The molecule has 84 valence electrons. The molecule has 0 heterocycles. The Hall–Kier alpha value is -1.97. The molecule has 0 spiro atoms. The molecule has 1 aromatic rings. The van der Waals surface area contributed by atoms with Gasteiger partial charge in [0.1, 0.15) is 6.26 Å². The van der Waals surface area contributed by atoms with Gasteiger partial charge in [0.15, 0.2) is 11.5 Å². The van der Waals surface area contributed by atoms with Gasteiger partial charge in [0.2, 0.25) is 0 Å². The van der Waals surface area contributed by atoms with Gasteiger partial charge >= 0.3 is 0 Å². The minimum atomic E-state index is -0.238. The first-order valence-electron chi connectivity index (χ1n) is 5.03. The van der Waals surface area contributed by atoms with Gasteiger partial charge in [-0.1, -0.05) is 24.6 Å². The summed E-state index contributed by atoms with van der Waals surface area (Å²) in [6.45, 7) is 3.67. The highest BCUT2D eigenvalue weighted by Crippen LogP contribution is 2.14. The van der Waals surface area contributed by atoms with E-state index in [0.717, 1.165) is 5.56 Å². The Morgan fingerprint density at radius 2 is 2.00 bits per heavy atom. The molecule has 0 aromatic heterocycles. The molecule has 4 nitrogen and oxygen atoms in total. The third-order valence-electron chi connectivity index (χ3n) is 2.04. The second-order valence-electron chi connectivity index (χ2n) is 3.33. The van der Waals surface area contributed by atoms with Crippen LogP contribution in [0.15, 0.2) is 46.5 Å². The number of carbonyl (C=O) groups is 1. The summed E-state index contributed by atoms with van der Waals surface area (Å²) < 4.78 is 0. The van der Waals surface area contributed by atoms with Gasteiger partial charge in [-0.3, -0.25) is 4.79 Å². The van der Waals surface area contributed by atoms with Crippen LogP contribution < -0.4 is 0 Å². The van der Waals surface area contributed by atoms with Crippen LogP contribution >= 0.6 is 0 Å². The molecule has 0 bridgehead atoms. The van der Waals surface area contributed by atoms with E-state index >= 15 is 0 Å². The third-order valence-corrected chi connectivity index (χ3v) is 2.04. The second-order valence-corrected chi connectivity index (χ2v) is 3.33. The highest BCUT2D eigenvalue weighted by atomic mass is 16.2. The number of aliphatic hydroxyl groups is 1. The molecular formula is C12H14N2O2. The number of allylic oxidation sites excluding steroid dienone is 1. The average molecular weight is 218 g/mol. The molecule has 0 aliphatic carbocycles. The number of aryl methyl sites for hydroxylation is 1. The van der Waals surface area contributed by atoms with Crippen molar-refractivity contribution in [3.8, 4) is 0 Å². The van der Waals surface area contributed by atoms with E-state index in [1.54, 1.807) is 19.1 Å². The second kappa shape index (κ2) is 5.80. The molecule has 1 N–H and O–H groups in total. The maximum absolute atomic E-state index is 11.2. The van der Waals surface area contributed by atoms with Crippen molar-refractivity contribution in [3.05, 3.63) is 41.8 Å². The molecule has 0 fully saturated rings. The summed E-state index contributed by atoms with van der Waals surface area (Å²) in [5, 5.41) is 16.4. The number of rotatable bonds is 4. The number of Topliss-reactive ketones (excluding diaryl/α,β-unsaturated/α-hetero) is 1. The lowest BCUT2D eigenvalue weighted by Gasteiger charge is -1.95. The van der Waals surface area contributed by atoms with Crippen molar-refractivity contribution in [2.75, 3.05) is 0 Å². The van der Waals surface area contributed by atoms with Gasteiger partial charge in [-0.15, -0.1) is 5.11 Å². The van der Waals surface area contributed by atoms with Gasteiger partial charge in [-0.2, -0.15) is 5.11 Å². The number of azo groups is 1. The molecule has 16 heavy (non-hydrogen) atoms. The number of benzene rings is 1. The number of ketones is 1. The summed E-state index contributed by atoms with van der Waals surface area (Å²) in [6.07, 6.45) is 0.975. The average Bonchev–Trinajstić information content (AvgIpc) is 2.31. The molecule has 1 aromatic carbocycles. The summed E-state index contributed by atoms with van der Waals surface area (Å²) in [7, 11) is 0. The monoisotopic (exact) mass is 218 g/mol. The van der Waals surface area contributed by atoms with E-state index in [-0.39, 0.29) is 11.5 Å². The topological polar surface area (TPSA) is 62.0 Å². The van der Waals surface area contributed by atoms with E-state index in [9.17, 15) is 4.79 Å². The van der Waals surface area contributed by atoms with E-state index in [2.05, 4.69) is 10.2 Å². The van der Waals surface area contributed by atoms with Crippen molar-refractivity contribution in [1.29, 1.82) is 0 Å². The summed E-state index contributed by atoms with van der Waals surface area (Å²) in [5.41, 5.74) is 1.75. The molecule has 0 aliphatic heterocycles. The van der Waals surface area contributed by atoms with Crippen molar-refractivity contribution in [3.63, 3.8) is 0 Å². The molecule has 0 atom stereocenters. The number of aliphatic hydroxyl groups excluding tert-OH is 1. The van der Waals surface area contributed by atoms with Crippen LogP contribution in [0.25, 0.3) is 0 Å². The zero-order valence-corrected chi connectivity index (χ0v) is 9.34. The summed E-state index contributed by atoms with van der Waals surface area (Å²) >= 11 is 0. The van der Waals surface area contributed by atoms with Crippen LogP contribution in [-0.2, 0) is 4.79 Å². The predicted octanol–water partition coefficient (Wildman–Crippen LogP) is 3.46. The SMILES string of the molecule is CCC(=O)/C(=C/O)N=Nc1ccc(C)cc1. The Morgan fingerprint density at radius 1 is 1.38 bits per heavy atom. The van der Waals surface area contributed by atoms with E-state index < -0.39 is 0 Å². The molecule has 0 saturated carbocycles. The lowest BCUT2D eigenvalue weighted by atomic mass is 10.2. The fraction of sp³-hybridized carbons (Fsp3) is 0.250. The molecule has 4 heteroatoms. The van der Waals surface area contributed by atoms with E-state index in [1.807, 2.05) is 19.1 Å². The Balaban J connectivity index is 2.80. The summed E-state index contributed by atoms with van der Waals surface area (Å²) in [4.78, 5) is 11.2. The van der Waals surface area contributed by atoms with Crippen molar-refractivity contribution in [1.82, 2.24) is 0 Å². The third kappa shape index (κ3) is 3.31. The van der Waals surface area contributed by atoms with Crippen LogP contribution in [0.2, 0.25) is 0 Å². The number of carbonyl (C=O) groups excluding carboxylic acids is 1. The van der Waals surface area contributed by atoms with Gasteiger partial charge in [0.05, 0.1) is 5.69 Å². The van der Waals surface area contributed by atoms with Gasteiger partial charge in [-0.25, -0.2) is 0 Å². The normalized spacial score (nSPS) is 12.0. The van der Waals surface area contributed by atoms with Gasteiger partial charge in [0, 0.05) is 6.42 Å². The summed E-state index contributed by atoms with van der Waals surface area (Å²) in [5.74, 6) is -0.238. The van der Waals surface area contributed by atoms with E-state index in [0.29, 0.717) is 18.4 Å². The molecular weight excluding hydrogens is 204 g/mol. The molecule has 0 radical (unpaired) electrons. The van der Waals surface area contributed by atoms with Crippen LogP contribution in [0.3, 0.4) is 0 Å². The smallest absolute Gasteiger partial charge is 0.185 e. The molecule has 1 rings (SSSR count). The number of nitrogens with zero attached hydrogens (tertiary/aromatic N) is 2. The lowest BCUT2D eigenvalue weighted by molar-refractivity contribution is -0.115. The maximum Gasteiger partial charge on any atom is 0.185 e. The van der Waals surface area contributed by atoms with Crippen molar-refractivity contribution in [2.24, 2.45) is 10.2 Å². The fourth-order valence-corrected chi connectivity index (χ4v) is 1.06. The van der Waals surface area contributed by atoms with E-state index in [1.165, 1.54) is 0 Å². The summed E-state index contributed by atoms with van der Waals surface area (Å²) in [6, 6.07) is 7.39. The minimum Gasteiger partial charge on any atom is -0.513 e. The Bertz CT molecular complexity index is 419. The first kappa shape index (κ1) is 12.1. The lowest BCUT2D eigenvalue weighted by Crippen LogP contribution is -1.97. The molecule has 0 unspecified atom stereocenters. The largest absolute Gasteiger partial charge is 0.513 e. The Kier molecular flexibility index (Phi) is 4.39. The first-order valence-corrected chi connectivity index (χ1v) is 5.03. The van der Waals surface area contributed by atoms with Crippen LogP contribution in [0.4, 0.5) is 5.69 Å². The van der Waals surface area contributed by atoms with Gasteiger partial charge < -0.3 is 5.11 Å². The molecule has 0 aliphatic rings. The zero-order chi connectivity index (χ0) is 12.0. The van der Waals surface area contributed by atoms with Crippen molar-refractivity contribution >= 4 is 11.5 Å². The number of hydrogen-bond donors (Lipinski definition) is 1. The highest BCUT2D eigenvalue weighted by molar-refractivity contribution is 5.94. The van der Waals surface area contributed by atoms with Crippen molar-refractivity contribution < 1.29 is 9.90 Å². The van der Waals surface area contributed by atoms with Crippen LogP contribution in [0.5, 0.6) is 0 Å². The van der Waals surface area contributed by atoms with Crippen LogP contribution in [0.1, 0.15) is 18.9 Å². The molecule has 0 amide bonds. The fourth-order valence-electron chi connectivity index (χ4n) is 1.06.